The van der Waals surface area contributed by atoms with Crippen LogP contribution in [0.1, 0.15) is 44.1 Å². The van der Waals surface area contributed by atoms with Gasteiger partial charge in [0.2, 0.25) is 0 Å². The Bertz CT molecular complexity index is 1090. The second-order valence-electron chi connectivity index (χ2n) is 8.65. The molecule has 4 rings (SSSR count). The lowest BCUT2D eigenvalue weighted by molar-refractivity contribution is 0.198. The van der Waals surface area contributed by atoms with Crippen LogP contribution in [0.4, 0.5) is 5.82 Å². The average Bonchev–Trinajstić information content (AvgIpc) is 3.28. The van der Waals surface area contributed by atoms with Gasteiger partial charge in [0, 0.05) is 24.3 Å². The van der Waals surface area contributed by atoms with Crippen molar-refractivity contribution in [2.24, 2.45) is 0 Å². The molecule has 0 radical (unpaired) electrons. The second kappa shape index (κ2) is 8.01. The fourth-order valence-electron chi connectivity index (χ4n) is 3.58. The number of fused-ring (bicyclic) bond motifs is 1. The van der Waals surface area contributed by atoms with Gasteiger partial charge >= 0.3 is 0 Å². The molecule has 3 heterocycles. The molecular formula is C20H25N6O3S-. The molecule has 2 aromatic heterocycles. The van der Waals surface area contributed by atoms with Crippen molar-refractivity contribution in [3.8, 4) is 0 Å². The van der Waals surface area contributed by atoms with Gasteiger partial charge in [-0.1, -0.05) is 61.3 Å². The molecule has 10 heteroatoms. The summed E-state index contributed by atoms with van der Waals surface area (Å²) in [6, 6.07) is 7.39. The minimum atomic E-state index is -2.18. The number of rotatable bonds is 5. The number of aromatic nitrogens is 5. The van der Waals surface area contributed by atoms with Crippen LogP contribution in [-0.2, 0) is 28.8 Å². The van der Waals surface area contributed by atoms with Crippen molar-refractivity contribution in [3.63, 3.8) is 0 Å². The van der Waals surface area contributed by atoms with Crippen LogP contribution in [-0.4, -0.2) is 58.0 Å². The molecule has 0 aliphatic carbocycles. The summed E-state index contributed by atoms with van der Waals surface area (Å²) in [5.41, 5.74) is 2.48. The Morgan fingerprint density at radius 1 is 1.23 bits per heavy atom. The molecule has 2 atom stereocenters. The van der Waals surface area contributed by atoms with Crippen LogP contribution in [0, 0.1) is 0 Å². The number of hydrogen-bond acceptors (Lipinski definition) is 8. The summed E-state index contributed by atoms with van der Waals surface area (Å²) in [5, 5.41) is 18.6. The lowest BCUT2D eigenvalue weighted by Gasteiger charge is -2.22. The molecule has 30 heavy (non-hydrogen) atoms. The molecule has 1 aromatic carbocycles. The Balaban J connectivity index is 1.80. The van der Waals surface area contributed by atoms with E-state index in [0.29, 0.717) is 48.9 Å². The standard InChI is InChI=1S/C20H26N6O3S/c1-20(2,3)19-21-17(25-9-8-15(27)11-25)16-18(22-19)26(24-23-16)10-13-6-4-5-7-14(13)12-30(28)29/h4-7,15,27H,8-12H2,1-3H3,(H,28,29)/p-1/t15-/m0/s1. The van der Waals surface area contributed by atoms with Gasteiger partial charge in [-0.05, 0) is 17.5 Å². The van der Waals surface area contributed by atoms with Gasteiger partial charge in [-0.2, -0.15) is 0 Å². The van der Waals surface area contributed by atoms with Gasteiger partial charge in [-0.3, -0.25) is 4.21 Å². The normalized spacial score (nSPS) is 18.3. The van der Waals surface area contributed by atoms with E-state index in [2.05, 4.69) is 10.3 Å². The molecule has 9 nitrogen and oxygen atoms in total. The number of aliphatic hydroxyl groups excluding tert-OH is 1. The van der Waals surface area contributed by atoms with Gasteiger partial charge < -0.3 is 14.6 Å². The molecule has 0 saturated carbocycles. The summed E-state index contributed by atoms with van der Waals surface area (Å²) in [6.45, 7) is 7.69. The van der Waals surface area contributed by atoms with Gasteiger partial charge in [-0.25, -0.2) is 14.6 Å². The van der Waals surface area contributed by atoms with Crippen LogP contribution in [0.25, 0.3) is 11.2 Å². The smallest absolute Gasteiger partial charge is 0.184 e. The van der Waals surface area contributed by atoms with E-state index < -0.39 is 11.1 Å². The molecule has 1 unspecified atom stereocenters. The maximum absolute atomic E-state index is 11.2. The first-order chi connectivity index (χ1) is 14.2. The van der Waals surface area contributed by atoms with Gasteiger partial charge in [0.05, 0.1) is 12.6 Å². The number of β-amino-alcohol motifs (C(OH)–C–C–N with tert-alkyl or cyclic N) is 1. The highest BCUT2D eigenvalue weighted by Gasteiger charge is 2.28. The highest BCUT2D eigenvalue weighted by atomic mass is 32.2. The minimum Gasteiger partial charge on any atom is -0.772 e. The van der Waals surface area contributed by atoms with E-state index in [1.54, 1.807) is 10.7 Å². The van der Waals surface area contributed by atoms with Crippen LogP contribution in [0.3, 0.4) is 0 Å². The largest absolute Gasteiger partial charge is 0.772 e. The molecule has 0 spiro atoms. The first-order valence-electron chi connectivity index (χ1n) is 9.90. The third-order valence-electron chi connectivity index (χ3n) is 5.19. The first-order valence-corrected chi connectivity index (χ1v) is 11.1. The van der Waals surface area contributed by atoms with Gasteiger partial charge in [0.25, 0.3) is 0 Å². The van der Waals surface area contributed by atoms with E-state index >= 15 is 0 Å². The van der Waals surface area contributed by atoms with E-state index in [1.165, 1.54) is 0 Å². The van der Waals surface area contributed by atoms with Crippen molar-refractivity contribution in [1.29, 1.82) is 0 Å². The zero-order chi connectivity index (χ0) is 21.5. The first kappa shape index (κ1) is 20.8. The Morgan fingerprint density at radius 3 is 2.60 bits per heavy atom. The monoisotopic (exact) mass is 429 g/mol. The zero-order valence-corrected chi connectivity index (χ0v) is 18.1. The lowest BCUT2D eigenvalue weighted by Crippen LogP contribution is -2.25. The predicted molar refractivity (Wildman–Crippen MR) is 113 cm³/mol. The maximum atomic E-state index is 11.2. The fraction of sp³-hybridized carbons (Fsp3) is 0.500. The number of nitrogens with zero attached hydrogens (tertiary/aromatic N) is 6. The number of benzene rings is 1. The Labute approximate surface area is 177 Å². The Morgan fingerprint density at radius 2 is 1.97 bits per heavy atom. The van der Waals surface area contributed by atoms with Crippen LogP contribution < -0.4 is 4.90 Å². The molecule has 1 aliphatic rings. The minimum absolute atomic E-state index is 0.0536. The molecule has 1 fully saturated rings. The van der Waals surface area contributed by atoms with E-state index in [9.17, 15) is 13.9 Å². The summed E-state index contributed by atoms with van der Waals surface area (Å²) < 4.78 is 24.1. The summed E-state index contributed by atoms with van der Waals surface area (Å²) in [6.07, 6.45) is 0.299. The maximum Gasteiger partial charge on any atom is 0.184 e. The van der Waals surface area contributed by atoms with Gasteiger partial charge in [-0.15, -0.1) is 5.10 Å². The van der Waals surface area contributed by atoms with Crippen LogP contribution >= 0.6 is 0 Å². The lowest BCUT2D eigenvalue weighted by atomic mass is 9.96. The van der Waals surface area contributed by atoms with Crippen molar-refractivity contribution >= 4 is 28.1 Å². The molecule has 0 amide bonds. The molecule has 0 bridgehead atoms. The Hall–Kier alpha value is -2.43. The zero-order valence-electron chi connectivity index (χ0n) is 17.3. The topological polar surface area (TPSA) is 120 Å². The number of hydrogen-bond donors (Lipinski definition) is 1. The molecule has 1 aliphatic heterocycles. The molecule has 1 saturated heterocycles. The van der Waals surface area contributed by atoms with Gasteiger partial charge in [0.15, 0.2) is 17.0 Å². The molecule has 3 aromatic rings. The average molecular weight is 430 g/mol. The van der Waals surface area contributed by atoms with Crippen LogP contribution in [0.5, 0.6) is 0 Å². The highest BCUT2D eigenvalue weighted by Crippen LogP contribution is 2.29. The van der Waals surface area contributed by atoms with Crippen molar-refractivity contribution in [2.75, 3.05) is 18.0 Å². The summed E-state index contributed by atoms with van der Waals surface area (Å²) in [7, 11) is 0. The SMILES string of the molecule is CC(C)(C)c1nc(N2CC[C@H](O)C2)c2nnn(Cc3ccccc3CS(=O)[O-])c2n1. The molecule has 160 valence electrons. The third-order valence-corrected chi connectivity index (χ3v) is 5.74. The summed E-state index contributed by atoms with van der Waals surface area (Å²) in [5.74, 6) is 1.30. The fourth-order valence-corrected chi connectivity index (χ4v) is 4.12. The number of anilines is 1. The van der Waals surface area contributed by atoms with Gasteiger partial charge in [0.1, 0.15) is 5.82 Å². The second-order valence-corrected chi connectivity index (χ2v) is 9.54. The Kier molecular flexibility index (Phi) is 5.56. The van der Waals surface area contributed by atoms with Crippen LogP contribution in [0.15, 0.2) is 24.3 Å². The third kappa shape index (κ3) is 4.21. The van der Waals surface area contributed by atoms with Crippen molar-refractivity contribution in [3.05, 3.63) is 41.2 Å². The molecule has 1 N–H and O–H groups in total. The van der Waals surface area contributed by atoms with Crippen molar-refractivity contribution in [1.82, 2.24) is 25.0 Å². The van der Waals surface area contributed by atoms with E-state index in [1.807, 2.05) is 43.9 Å². The number of aliphatic hydroxyl groups is 1. The van der Waals surface area contributed by atoms with Crippen LogP contribution in [0.2, 0.25) is 0 Å². The quantitative estimate of drug-likeness (QED) is 0.606. The van der Waals surface area contributed by atoms with E-state index in [-0.39, 0.29) is 17.3 Å². The van der Waals surface area contributed by atoms with Crippen molar-refractivity contribution in [2.45, 2.75) is 51.0 Å². The van der Waals surface area contributed by atoms with E-state index in [0.717, 1.165) is 11.1 Å². The predicted octanol–water partition coefficient (Wildman–Crippen LogP) is 1.52. The summed E-state index contributed by atoms with van der Waals surface area (Å²) in [4.78, 5) is 11.6. The van der Waals surface area contributed by atoms with Crippen molar-refractivity contribution < 1.29 is 13.9 Å². The molecular weight excluding hydrogens is 404 g/mol. The highest BCUT2D eigenvalue weighted by molar-refractivity contribution is 7.78. The van der Waals surface area contributed by atoms with E-state index in [4.69, 9.17) is 9.97 Å². The summed E-state index contributed by atoms with van der Waals surface area (Å²) >= 11 is -2.18.